The second-order valence-electron chi connectivity index (χ2n) is 5.51. The molecule has 23 heavy (non-hydrogen) atoms. The maximum Gasteiger partial charge on any atom is 0.322 e. The summed E-state index contributed by atoms with van der Waals surface area (Å²) in [7, 11) is 0. The summed E-state index contributed by atoms with van der Waals surface area (Å²) < 4.78 is 5.45. The van der Waals surface area contributed by atoms with Crippen molar-refractivity contribution in [2.24, 2.45) is 5.92 Å². The molecule has 0 aliphatic carbocycles. The van der Waals surface area contributed by atoms with E-state index in [-0.39, 0.29) is 24.4 Å². The summed E-state index contributed by atoms with van der Waals surface area (Å²) in [5, 5.41) is 19.3. The maximum absolute atomic E-state index is 12.0. The van der Waals surface area contributed by atoms with E-state index in [1.54, 1.807) is 0 Å². The fourth-order valence-electron chi connectivity index (χ4n) is 2.55. The van der Waals surface area contributed by atoms with Gasteiger partial charge in [-0.3, -0.25) is 15.0 Å². The molecule has 1 fully saturated rings. The summed E-state index contributed by atoms with van der Waals surface area (Å²) in [4.78, 5) is 14.1. The Bertz CT molecular complexity index is 699. The lowest BCUT2D eigenvalue weighted by atomic mass is 9.99. The van der Waals surface area contributed by atoms with Crippen molar-refractivity contribution in [2.75, 3.05) is 25.0 Å². The molecule has 2 aromatic rings. The number of carbonyl (C=O) groups is 1. The van der Waals surface area contributed by atoms with E-state index in [4.69, 9.17) is 9.68 Å². The zero-order chi connectivity index (χ0) is 16.1. The van der Waals surface area contributed by atoms with Crippen LogP contribution in [0, 0.1) is 17.2 Å². The average Bonchev–Trinajstić information content (AvgIpc) is 3.04. The lowest BCUT2D eigenvalue weighted by Crippen LogP contribution is -2.39. The highest BCUT2D eigenvalue weighted by Gasteiger charge is 2.21. The fraction of sp³-hybridized carbons (Fsp3) is 0.375. The highest BCUT2D eigenvalue weighted by molar-refractivity contribution is 5.90. The number of aromatic nitrogens is 2. The van der Waals surface area contributed by atoms with Crippen molar-refractivity contribution in [3.63, 3.8) is 0 Å². The molecule has 0 radical (unpaired) electrons. The first kappa shape index (κ1) is 15.2. The molecule has 0 unspecified atom stereocenters. The summed E-state index contributed by atoms with van der Waals surface area (Å²) >= 11 is 0. The first-order chi connectivity index (χ1) is 11.2. The van der Waals surface area contributed by atoms with Crippen LogP contribution in [0.3, 0.4) is 0 Å². The normalized spacial score (nSPS) is 16.0. The van der Waals surface area contributed by atoms with Gasteiger partial charge in [0, 0.05) is 11.5 Å². The van der Waals surface area contributed by atoms with Crippen LogP contribution in [0.15, 0.2) is 34.7 Å². The Morgan fingerprint density at radius 2 is 2.04 bits per heavy atom. The number of rotatable bonds is 4. The number of piperidine rings is 1. The Morgan fingerprint density at radius 3 is 2.74 bits per heavy atom. The minimum absolute atomic E-state index is 0.0979. The van der Waals surface area contributed by atoms with Crippen molar-refractivity contribution in [1.29, 1.82) is 5.26 Å². The number of hydrogen-bond acceptors (Lipinski definition) is 6. The SMILES string of the molecule is N#CC1CCN(CC(=O)Nc2nnc(-c3ccccc3)o2)CC1. The van der Waals surface area contributed by atoms with Crippen molar-refractivity contribution in [3.05, 3.63) is 30.3 Å². The summed E-state index contributed by atoms with van der Waals surface area (Å²) in [5.74, 6) is 0.290. The van der Waals surface area contributed by atoms with Crippen molar-refractivity contribution in [2.45, 2.75) is 12.8 Å². The zero-order valence-corrected chi connectivity index (χ0v) is 12.6. The van der Waals surface area contributed by atoms with Crippen LogP contribution in [0.2, 0.25) is 0 Å². The molecule has 1 aromatic heterocycles. The van der Waals surface area contributed by atoms with Crippen molar-refractivity contribution in [1.82, 2.24) is 15.1 Å². The van der Waals surface area contributed by atoms with E-state index < -0.39 is 0 Å². The summed E-state index contributed by atoms with van der Waals surface area (Å²) in [5.41, 5.74) is 0.805. The maximum atomic E-state index is 12.0. The molecule has 7 heteroatoms. The quantitative estimate of drug-likeness (QED) is 0.926. The van der Waals surface area contributed by atoms with Crippen LogP contribution in [-0.4, -0.2) is 40.6 Å². The topological polar surface area (TPSA) is 95.1 Å². The molecule has 3 rings (SSSR count). The molecular weight excluding hydrogens is 294 g/mol. The van der Waals surface area contributed by atoms with E-state index in [1.165, 1.54) is 0 Å². The van der Waals surface area contributed by atoms with Crippen LogP contribution in [0.5, 0.6) is 0 Å². The second kappa shape index (κ2) is 7.03. The van der Waals surface area contributed by atoms with Crippen molar-refractivity contribution < 1.29 is 9.21 Å². The van der Waals surface area contributed by atoms with Crippen LogP contribution in [0.4, 0.5) is 6.01 Å². The van der Waals surface area contributed by atoms with E-state index >= 15 is 0 Å². The van der Waals surface area contributed by atoms with Gasteiger partial charge in [0.2, 0.25) is 11.8 Å². The third-order valence-electron chi connectivity index (χ3n) is 3.83. The van der Waals surface area contributed by atoms with Gasteiger partial charge in [-0.15, -0.1) is 5.10 Å². The van der Waals surface area contributed by atoms with Gasteiger partial charge in [-0.1, -0.05) is 23.3 Å². The van der Waals surface area contributed by atoms with E-state index in [9.17, 15) is 4.79 Å². The van der Waals surface area contributed by atoms with Crippen molar-refractivity contribution in [3.8, 4) is 17.5 Å². The molecule has 7 nitrogen and oxygen atoms in total. The van der Waals surface area contributed by atoms with Gasteiger partial charge in [0.05, 0.1) is 12.6 Å². The predicted octanol–water partition coefficient (Wildman–Crippen LogP) is 1.91. The second-order valence-corrected chi connectivity index (χ2v) is 5.51. The molecule has 1 amide bonds. The molecule has 118 valence electrons. The van der Waals surface area contributed by atoms with Crippen LogP contribution in [-0.2, 0) is 4.79 Å². The Kier molecular flexibility index (Phi) is 4.64. The molecular formula is C16H17N5O2. The predicted molar refractivity (Wildman–Crippen MR) is 83.1 cm³/mol. The molecule has 1 saturated heterocycles. The van der Waals surface area contributed by atoms with Crippen LogP contribution < -0.4 is 5.32 Å². The number of carbonyl (C=O) groups excluding carboxylic acids is 1. The van der Waals surface area contributed by atoms with Gasteiger partial charge >= 0.3 is 6.01 Å². The highest BCUT2D eigenvalue weighted by Crippen LogP contribution is 2.19. The molecule has 1 aromatic carbocycles. The Balaban J connectivity index is 1.53. The largest absolute Gasteiger partial charge is 0.403 e. The smallest absolute Gasteiger partial charge is 0.322 e. The minimum atomic E-state index is -0.191. The number of nitrogens with one attached hydrogen (secondary N) is 1. The molecule has 1 aliphatic heterocycles. The first-order valence-electron chi connectivity index (χ1n) is 7.55. The average molecular weight is 311 g/mol. The lowest BCUT2D eigenvalue weighted by molar-refractivity contribution is -0.117. The zero-order valence-electron chi connectivity index (χ0n) is 12.6. The molecule has 1 N–H and O–H groups in total. The molecule has 0 saturated carbocycles. The third kappa shape index (κ3) is 3.93. The first-order valence-corrected chi connectivity index (χ1v) is 7.55. The van der Waals surface area contributed by atoms with Crippen LogP contribution >= 0.6 is 0 Å². The summed E-state index contributed by atoms with van der Waals surface area (Å²) in [6.45, 7) is 1.77. The standard InChI is InChI=1S/C16H17N5O2/c17-10-12-6-8-21(9-7-12)11-14(22)18-16-20-19-15(23-16)13-4-2-1-3-5-13/h1-5,12H,6-9,11H2,(H,18,20,22). The van der Waals surface area contributed by atoms with Gasteiger partial charge in [0.15, 0.2) is 0 Å². The van der Waals surface area contributed by atoms with E-state index in [0.29, 0.717) is 5.89 Å². The van der Waals surface area contributed by atoms with Gasteiger partial charge in [-0.05, 0) is 38.1 Å². The van der Waals surface area contributed by atoms with Gasteiger partial charge in [0.1, 0.15) is 0 Å². The highest BCUT2D eigenvalue weighted by atomic mass is 16.4. The number of benzene rings is 1. The minimum Gasteiger partial charge on any atom is -0.403 e. The lowest BCUT2D eigenvalue weighted by Gasteiger charge is -2.27. The number of hydrogen-bond donors (Lipinski definition) is 1. The molecule has 1 aliphatic rings. The molecule has 0 atom stereocenters. The number of likely N-dealkylation sites (tertiary alicyclic amines) is 1. The monoisotopic (exact) mass is 311 g/mol. The molecule has 0 bridgehead atoms. The van der Waals surface area contributed by atoms with Crippen LogP contribution in [0.1, 0.15) is 12.8 Å². The molecule has 0 spiro atoms. The van der Waals surface area contributed by atoms with E-state index in [1.807, 2.05) is 35.2 Å². The number of anilines is 1. The van der Waals surface area contributed by atoms with Crippen LogP contribution in [0.25, 0.3) is 11.5 Å². The third-order valence-corrected chi connectivity index (χ3v) is 3.83. The number of nitrogens with zero attached hydrogens (tertiary/aromatic N) is 4. The van der Waals surface area contributed by atoms with E-state index in [0.717, 1.165) is 31.5 Å². The summed E-state index contributed by atoms with van der Waals surface area (Å²) in [6.07, 6.45) is 1.62. The number of nitriles is 1. The Morgan fingerprint density at radius 1 is 1.30 bits per heavy atom. The van der Waals surface area contributed by atoms with Gasteiger partial charge in [-0.2, -0.15) is 5.26 Å². The fourth-order valence-corrected chi connectivity index (χ4v) is 2.55. The molecule has 2 heterocycles. The summed E-state index contributed by atoms with van der Waals surface area (Å²) in [6, 6.07) is 11.7. The van der Waals surface area contributed by atoms with E-state index in [2.05, 4.69) is 21.6 Å². The van der Waals surface area contributed by atoms with Gasteiger partial charge in [0.25, 0.3) is 0 Å². The van der Waals surface area contributed by atoms with Gasteiger partial charge in [-0.25, -0.2) is 0 Å². The number of amides is 1. The Hall–Kier alpha value is -2.72. The van der Waals surface area contributed by atoms with Gasteiger partial charge < -0.3 is 4.42 Å². The Labute approximate surface area is 133 Å². The van der Waals surface area contributed by atoms with Crippen molar-refractivity contribution >= 4 is 11.9 Å².